The zero-order valence-corrected chi connectivity index (χ0v) is 14.7. The fraction of sp³-hybridized carbons (Fsp3) is 0.438. The van der Waals surface area contributed by atoms with Gasteiger partial charge in [-0.05, 0) is 39.8 Å². The molecule has 0 saturated heterocycles. The van der Waals surface area contributed by atoms with E-state index in [2.05, 4.69) is 9.82 Å². The van der Waals surface area contributed by atoms with Crippen LogP contribution < -0.4 is 4.72 Å². The van der Waals surface area contributed by atoms with Crippen LogP contribution in [-0.2, 0) is 18.4 Å². The van der Waals surface area contributed by atoms with Crippen molar-refractivity contribution in [2.24, 2.45) is 7.05 Å². The van der Waals surface area contributed by atoms with Crippen LogP contribution in [0.1, 0.15) is 39.3 Å². The molecular weight excluding hydrogens is 320 g/mol. The number of aryl methyl sites for hydroxylation is 1. The second-order valence-electron chi connectivity index (χ2n) is 6.48. The second-order valence-corrected chi connectivity index (χ2v) is 8.47. The molecule has 0 amide bonds. The molecule has 0 radical (unpaired) electrons. The number of benzene rings is 1. The van der Waals surface area contributed by atoms with E-state index < -0.39 is 33.8 Å². The Hall–Kier alpha value is -1.44. The number of hydrogen-bond donors (Lipinski definition) is 1. The van der Waals surface area contributed by atoms with Crippen LogP contribution in [-0.4, -0.2) is 19.1 Å². The van der Waals surface area contributed by atoms with E-state index in [1.807, 2.05) is 20.8 Å². The summed E-state index contributed by atoms with van der Waals surface area (Å²) in [6, 6.07) is 1.72. The molecule has 0 bridgehead atoms. The average molecular weight is 341 g/mol. The summed E-state index contributed by atoms with van der Waals surface area (Å²) in [5.41, 5.74) is 0.811. The first-order chi connectivity index (χ1) is 10.6. The normalized spacial score (nSPS) is 14.8. The van der Waals surface area contributed by atoms with E-state index in [1.54, 1.807) is 20.2 Å². The van der Waals surface area contributed by atoms with E-state index >= 15 is 0 Å². The van der Waals surface area contributed by atoms with Gasteiger partial charge >= 0.3 is 0 Å². The van der Waals surface area contributed by atoms with E-state index in [1.165, 1.54) is 10.9 Å². The molecule has 0 aliphatic carbocycles. The summed E-state index contributed by atoms with van der Waals surface area (Å²) in [6.45, 7) is 7.09. The van der Waals surface area contributed by atoms with Gasteiger partial charge in [0, 0.05) is 41.3 Å². The molecule has 2 aromatic rings. The lowest BCUT2D eigenvalue weighted by molar-refractivity contribution is 0.519. The van der Waals surface area contributed by atoms with Crippen LogP contribution in [0.2, 0.25) is 0 Å². The largest absolute Gasteiger partial charge is 0.598 e. The summed E-state index contributed by atoms with van der Waals surface area (Å²) in [5.74, 6) is -1.08. The van der Waals surface area contributed by atoms with Crippen molar-refractivity contribution in [2.75, 3.05) is 0 Å². The van der Waals surface area contributed by atoms with E-state index in [-0.39, 0.29) is 11.1 Å². The standard InChI is InChI=1S/C16H21F2N3OS/c1-10(20-23(22)16(2,3)4)12-6-15(18)13(7-14(12)17)11-8-19-21(5)9-11/h6-10,20H,1-5H3/t10-,23+/m0/s1. The van der Waals surface area contributed by atoms with Crippen molar-refractivity contribution in [3.8, 4) is 11.1 Å². The molecule has 0 aliphatic rings. The minimum atomic E-state index is -1.37. The highest BCUT2D eigenvalue weighted by Gasteiger charge is 2.29. The smallest absolute Gasteiger partial charge is 0.136 e. The monoisotopic (exact) mass is 341 g/mol. The Balaban J connectivity index is 2.29. The fourth-order valence-electron chi connectivity index (χ4n) is 2.08. The number of halogens is 2. The Morgan fingerprint density at radius 1 is 1.26 bits per heavy atom. The Labute approximate surface area is 138 Å². The van der Waals surface area contributed by atoms with Crippen molar-refractivity contribution >= 4 is 11.4 Å². The molecule has 2 rings (SSSR count). The van der Waals surface area contributed by atoms with Crippen LogP contribution in [0.15, 0.2) is 24.5 Å². The maximum absolute atomic E-state index is 14.4. The highest BCUT2D eigenvalue weighted by molar-refractivity contribution is 7.90. The van der Waals surface area contributed by atoms with E-state index in [0.29, 0.717) is 5.56 Å². The molecule has 0 unspecified atom stereocenters. The predicted molar refractivity (Wildman–Crippen MR) is 88.0 cm³/mol. The molecule has 4 nitrogen and oxygen atoms in total. The minimum absolute atomic E-state index is 0.146. The van der Waals surface area contributed by atoms with Gasteiger partial charge in [-0.1, -0.05) is 0 Å². The van der Waals surface area contributed by atoms with Crippen molar-refractivity contribution < 1.29 is 13.3 Å². The lowest BCUT2D eigenvalue weighted by Gasteiger charge is -2.26. The summed E-state index contributed by atoms with van der Waals surface area (Å²) in [7, 11) is 1.71. The van der Waals surface area contributed by atoms with Crippen LogP contribution in [0.4, 0.5) is 8.78 Å². The van der Waals surface area contributed by atoms with Crippen LogP contribution in [0.25, 0.3) is 11.1 Å². The minimum Gasteiger partial charge on any atom is -0.598 e. The first-order valence-electron chi connectivity index (χ1n) is 7.25. The number of aromatic nitrogens is 2. The van der Waals surface area contributed by atoms with Crippen molar-refractivity contribution in [3.63, 3.8) is 0 Å². The van der Waals surface area contributed by atoms with Crippen LogP contribution in [0.3, 0.4) is 0 Å². The molecule has 7 heteroatoms. The van der Waals surface area contributed by atoms with Crippen LogP contribution in [0.5, 0.6) is 0 Å². The van der Waals surface area contributed by atoms with E-state index in [9.17, 15) is 13.3 Å². The molecule has 0 saturated carbocycles. The van der Waals surface area contributed by atoms with Gasteiger partial charge in [0.05, 0.1) is 12.2 Å². The first-order valence-corrected chi connectivity index (χ1v) is 8.40. The predicted octanol–water partition coefficient (Wildman–Crippen LogP) is 3.48. The third-order valence-electron chi connectivity index (χ3n) is 3.41. The molecule has 2 atom stereocenters. The Morgan fingerprint density at radius 3 is 2.43 bits per heavy atom. The average Bonchev–Trinajstić information content (AvgIpc) is 2.86. The highest BCUT2D eigenvalue weighted by atomic mass is 32.2. The molecule has 0 aliphatic heterocycles. The van der Waals surface area contributed by atoms with E-state index in [0.717, 1.165) is 12.1 Å². The van der Waals surface area contributed by atoms with Gasteiger partial charge in [-0.25, -0.2) is 8.78 Å². The van der Waals surface area contributed by atoms with Gasteiger partial charge in [0.1, 0.15) is 16.4 Å². The topological polar surface area (TPSA) is 52.9 Å². The van der Waals surface area contributed by atoms with Crippen molar-refractivity contribution in [2.45, 2.75) is 38.5 Å². The number of nitrogens with zero attached hydrogens (tertiary/aromatic N) is 2. The molecule has 23 heavy (non-hydrogen) atoms. The maximum atomic E-state index is 14.4. The maximum Gasteiger partial charge on any atom is 0.136 e. The summed E-state index contributed by atoms with van der Waals surface area (Å²) in [5, 5.41) is 3.96. The fourth-order valence-corrected chi connectivity index (χ4v) is 2.88. The zero-order valence-electron chi connectivity index (χ0n) is 13.9. The Morgan fingerprint density at radius 2 is 1.91 bits per heavy atom. The second kappa shape index (κ2) is 6.59. The molecule has 1 aromatic heterocycles. The number of nitrogens with one attached hydrogen (secondary N) is 1. The zero-order chi connectivity index (χ0) is 17.4. The highest BCUT2D eigenvalue weighted by Crippen LogP contribution is 2.29. The Kier molecular flexibility index (Phi) is 5.13. The van der Waals surface area contributed by atoms with Crippen LogP contribution in [0, 0.1) is 11.6 Å². The summed E-state index contributed by atoms with van der Waals surface area (Å²) in [4.78, 5) is 0. The lowest BCUT2D eigenvalue weighted by Crippen LogP contribution is -2.40. The van der Waals surface area contributed by atoms with Gasteiger partial charge in [-0.15, -0.1) is 4.72 Å². The summed E-state index contributed by atoms with van der Waals surface area (Å²) < 4.78 is 44.7. The third kappa shape index (κ3) is 4.10. The molecule has 1 N–H and O–H groups in total. The first kappa shape index (κ1) is 17.9. The third-order valence-corrected chi connectivity index (χ3v) is 5.09. The Bertz CT molecular complexity index is 697. The molecule has 0 spiro atoms. The van der Waals surface area contributed by atoms with Crippen molar-refractivity contribution in [1.82, 2.24) is 14.5 Å². The SMILES string of the molecule is C[C@H](N[S@+]([O-])C(C)(C)C)c1cc(F)c(-c2cnn(C)c2)cc1F. The number of rotatable bonds is 4. The molecular formula is C16H21F2N3OS. The van der Waals surface area contributed by atoms with Gasteiger partial charge in [-0.3, -0.25) is 4.68 Å². The molecule has 1 heterocycles. The van der Waals surface area contributed by atoms with Gasteiger partial charge in [-0.2, -0.15) is 5.10 Å². The molecule has 1 aromatic carbocycles. The van der Waals surface area contributed by atoms with Gasteiger partial charge < -0.3 is 4.55 Å². The summed E-state index contributed by atoms with van der Waals surface area (Å²) >= 11 is -1.37. The van der Waals surface area contributed by atoms with Crippen molar-refractivity contribution in [1.29, 1.82) is 0 Å². The molecule has 126 valence electrons. The van der Waals surface area contributed by atoms with Gasteiger partial charge in [0.25, 0.3) is 0 Å². The van der Waals surface area contributed by atoms with Gasteiger partial charge in [0.2, 0.25) is 0 Å². The van der Waals surface area contributed by atoms with Crippen molar-refractivity contribution in [3.05, 3.63) is 41.7 Å². The van der Waals surface area contributed by atoms with E-state index in [4.69, 9.17) is 0 Å². The van der Waals surface area contributed by atoms with Gasteiger partial charge in [0.15, 0.2) is 0 Å². The van der Waals surface area contributed by atoms with Crippen LogP contribution >= 0.6 is 0 Å². The lowest BCUT2D eigenvalue weighted by atomic mass is 10.0. The summed E-state index contributed by atoms with van der Waals surface area (Å²) in [6.07, 6.45) is 3.10. The molecule has 0 fully saturated rings. The quantitative estimate of drug-likeness (QED) is 0.866. The number of hydrogen-bond acceptors (Lipinski definition) is 3.